The first kappa shape index (κ1) is 22.1. The van der Waals surface area contributed by atoms with Crippen LogP contribution in [0.25, 0.3) is 0 Å². The van der Waals surface area contributed by atoms with E-state index >= 15 is 0 Å². The molecular formula is C13H33NO3. The van der Waals surface area contributed by atoms with Crippen molar-refractivity contribution in [3.63, 3.8) is 0 Å². The van der Waals surface area contributed by atoms with Gasteiger partial charge in [-0.3, -0.25) is 0 Å². The van der Waals surface area contributed by atoms with E-state index < -0.39 is 6.29 Å². The van der Waals surface area contributed by atoms with Crippen molar-refractivity contribution in [2.24, 2.45) is 0 Å². The summed E-state index contributed by atoms with van der Waals surface area (Å²) in [6, 6.07) is 0.466. The van der Waals surface area contributed by atoms with Crippen molar-refractivity contribution in [2.75, 3.05) is 21.2 Å². The Balaban J connectivity index is -0.000000285. The minimum absolute atomic E-state index is 0.186. The molecule has 3 atom stereocenters. The van der Waals surface area contributed by atoms with E-state index in [1.165, 1.54) is 0 Å². The van der Waals surface area contributed by atoms with Gasteiger partial charge in [0, 0.05) is 19.6 Å². The molecule has 0 spiro atoms. The Kier molecular flexibility index (Phi) is 20.6. The minimum atomic E-state index is -0.564. The largest absolute Gasteiger partial charge is 0.400 e. The third-order valence-corrected chi connectivity index (χ3v) is 2.20. The Morgan fingerprint density at radius 3 is 1.71 bits per heavy atom. The monoisotopic (exact) mass is 251 g/mol. The molecule has 0 bridgehead atoms. The molecule has 1 rings (SSSR count). The second kappa shape index (κ2) is 15.8. The maximum absolute atomic E-state index is 9.25. The number of rotatable bonds is 1. The molecule has 1 aliphatic heterocycles. The zero-order valence-corrected chi connectivity index (χ0v) is 12.9. The van der Waals surface area contributed by atoms with Crippen molar-refractivity contribution in [1.82, 2.24) is 4.90 Å². The van der Waals surface area contributed by atoms with Crippen molar-refractivity contribution in [2.45, 2.75) is 65.9 Å². The van der Waals surface area contributed by atoms with Crippen LogP contribution in [-0.2, 0) is 4.74 Å². The van der Waals surface area contributed by atoms with Gasteiger partial charge in [0.15, 0.2) is 6.29 Å². The molecule has 0 amide bonds. The van der Waals surface area contributed by atoms with Crippen molar-refractivity contribution in [1.29, 1.82) is 0 Å². The standard InChI is InChI=1S/C8H17NO2.2C2H6.CH4O/c1-6-4-7(9(2)3)5-8(10)11-6;3*1-2/h6-8,10H,4-5H2,1-3H3;2*1-2H3;2H,1H3/t6-,7+,8-;;;/m1.../s1. The highest BCUT2D eigenvalue weighted by atomic mass is 16.6. The third kappa shape index (κ3) is 12.1. The molecule has 0 aliphatic carbocycles. The highest BCUT2D eigenvalue weighted by molar-refractivity contribution is 4.75. The predicted octanol–water partition coefficient (Wildman–Crippen LogP) is 2.09. The summed E-state index contributed by atoms with van der Waals surface area (Å²) in [6.45, 7) is 10.00. The number of aliphatic hydroxyl groups excluding tert-OH is 2. The molecule has 17 heavy (non-hydrogen) atoms. The maximum atomic E-state index is 9.25. The zero-order chi connectivity index (χ0) is 14.4. The van der Waals surface area contributed by atoms with Crippen LogP contribution in [0.4, 0.5) is 0 Å². The van der Waals surface area contributed by atoms with E-state index in [2.05, 4.69) is 4.90 Å². The summed E-state index contributed by atoms with van der Waals surface area (Å²) in [5, 5.41) is 16.2. The molecular weight excluding hydrogens is 218 g/mol. The van der Waals surface area contributed by atoms with Gasteiger partial charge in [-0.1, -0.05) is 27.7 Å². The van der Waals surface area contributed by atoms with Crippen LogP contribution in [0.1, 0.15) is 47.5 Å². The van der Waals surface area contributed by atoms with Crippen LogP contribution >= 0.6 is 0 Å². The first-order chi connectivity index (χ1) is 8.09. The maximum Gasteiger partial charge on any atom is 0.156 e. The predicted molar refractivity (Wildman–Crippen MR) is 74.1 cm³/mol. The lowest BCUT2D eigenvalue weighted by molar-refractivity contribution is -0.172. The number of nitrogens with zero attached hydrogens (tertiary/aromatic N) is 1. The molecule has 0 aromatic heterocycles. The van der Waals surface area contributed by atoms with Crippen molar-refractivity contribution in [3.05, 3.63) is 0 Å². The Bertz CT molecular complexity index is 122. The molecule has 1 fully saturated rings. The molecule has 0 radical (unpaired) electrons. The summed E-state index contributed by atoms with van der Waals surface area (Å²) in [5.74, 6) is 0. The van der Waals surface area contributed by atoms with Crippen LogP contribution in [0.5, 0.6) is 0 Å². The van der Waals surface area contributed by atoms with Gasteiger partial charge in [0.1, 0.15) is 0 Å². The van der Waals surface area contributed by atoms with Crippen LogP contribution in [0, 0.1) is 0 Å². The molecule has 4 heteroatoms. The van der Waals surface area contributed by atoms with E-state index in [1.807, 2.05) is 48.7 Å². The van der Waals surface area contributed by atoms with Gasteiger partial charge in [0.05, 0.1) is 6.10 Å². The van der Waals surface area contributed by atoms with E-state index in [4.69, 9.17) is 9.84 Å². The summed E-state index contributed by atoms with van der Waals surface area (Å²) in [4.78, 5) is 2.14. The topological polar surface area (TPSA) is 52.9 Å². The molecule has 4 nitrogen and oxygen atoms in total. The first-order valence-corrected chi connectivity index (χ1v) is 6.54. The van der Waals surface area contributed by atoms with E-state index in [0.29, 0.717) is 6.04 Å². The average Bonchev–Trinajstić information content (AvgIpc) is 2.35. The molecule has 0 aromatic carbocycles. The fraction of sp³-hybridized carbons (Fsp3) is 1.00. The molecule has 1 saturated heterocycles. The van der Waals surface area contributed by atoms with Crippen LogP contribution in [0.15, 0.2) is 0 Å². The van der Waals surface area contributed by atoms with Crippen molar-refractivity contribution in [3.8, 4) is 0 Å². The fourth-order valence-corrected chi connectivity index (χ4v) is 1.51. The lowest BCUT2D eigenvalue weighted by Crippen LogP contribution is -2.41. The van der Waals surface area contributed by atoms with Crippen LogP contribution < -0.4 is 0 Å². The van der Waals surface area contributed by atoms with Gasteiger partial charge >= 0.3 is 0 Å². The summed E-state index contributed by atoms with van der Waals surface area (Å²) in [5.41, 5.74) is 0. The van der Waals surface area contributed by atoms with Gasteiger partial charge in [-0.2, -0.15) is 0 Å². The lowest BCUT2D eigenvalue weighted by atomic mass is 10.0. The molecule has 108 valence electrons. The Morgan fingerprint density at radius 1 is 1.00 bits per heavy atom. The quantitative estimate of drug-likeness (QED) is 0.749. The van der Waals surface area contributed by atoms with Crippen molar-refractivity contribution >= 4 is 0 Å². The van der Waals surface area contributed by atoms with Crippen LogP contribution in [0.3, 0.4) is 0 Å². The Labute approximate surface area is 108 Å². The van der Waals surface area contributed by atoms with Crippen molar-refractivity contribution < 1.29 is 14.9 Å². The third-order valence-electron chi connectivity index (χ3n) is 2.20. The SMILES string of the molecule is CC.CC.CO.C[C@@H]1C[C@H](N(C)C)C[C@H](O)O1. The molecule has 0 saturated carbocycles. The van der Waals surface area contributed by atoms with Gasteiger partial charge in [-0.15, -0.1) is 0 Å². The highest BCUT2D eigenvalue weighted by Gasteiger charge is 2.26. The Hall–Kier alpha value is -0.160. The molecule has 0 aromatic rings. The first-order valence-electron chi connectivity index (χ1n) is 6.54. The second-order valence-electron chi connectivity index (χ2n) is 3.49. The Morgan fingerprint density at radius 2 is 1.41 bits per heavy atom. The average molecular weight is 251 g/mol. The summed E-state index contributed by atoms with van der Waals surface area (Å²) in [6.07, 6.45) is 1.37. The fourth-order valence-electron chi connectivity index (χ4n) is 1.51. The van der Waals surface area contributed by atoms with E-state index in [-0.39, 0.29) is 6.10 Å². The summed E-state index contributed by atoms with van der Waals surface area (Å²) < 4.78 is 5.20. The molecule has 1 heterocycles. The van der Waals surface area contributed by atoms with Gasteiger partial charge in [-0.05, 0) is 27.4 Å². The number of aliphatic hydroxyl groups is 2. The van der Waals surface area contributed by atoms with E-state index in [1.54, 1.807) is 0 Å². The van der Waals surface area contributed by atoms with Crippen LogP contribution in [0.2, 0.25) is 0 Å². The van der Waals surface area contributed by atoms with E-state index in [9.17, 15) is 5.11 Å². The minimum Gasteiger partial charge on any atom is -0.400 e. The smallest absolute Gasteiger partial charge is 0.156 e. The number of ether oxygens (including phenoxy) is 1. The zero-order valence-electron chi connectivity index (χ0n) is 12.9. The normalized spacial score (nSPS) is 26.6. The summed E-state index contributed by atoms with van der Waals surface area (Å²) in [7, 11) is 5.07. The second-order valence-corrected chi connectivity index (χ2v) is 3.49. The molecule has 2 N–H and O–H groups in total. The van der Waals surface area contributed by atoms with E-state index in [0.717, 1.165) is 20.0 Å². The lowest BCUT2D eigenvalue weighted by Gasteiger charge is -2.34. The van der Waals surface area contributed by atoms with Gasteiger partial charge in [-0.25, -0.2) is 0 Å². The van der Waals surface area contributed by atoms with Crippen LogP contribution in [-0.4, -0.2) is 54.8 Å². The summed E-state index contributed by atoms with van der Waals surface area (Å²) >= 11 is 0. The number of hydrogen-bond donors (Lipinski definition) is 2. The van der Waals surface area contributed by atoms with Gasteiger partial charge in [0.25, 0.3) is 0 Å². The highest BCUT2D eigenvalue weighted by Crippen LogP contribution is 2.20. The number of hydrogen-bond acceptors (Lipinski definition) is 4. The molecule has 1 aliphatic rings. The van der Waals surface area contributed by atoms with Gasteiger partial charge < -0.3 is 19.8 Å². The van der Waals surface area contributed by atoms with Gasteiger partial charge in [0.2, 0.25) is 0 Å². The molecule has 0 unspecified atom stereocenters.